The molecule has 1 aliphatic heterocycles. The highest BCUT2D eigenvalue weighted by atomic mass is 32.1. The van der Waals surface area contributed by atoms with Crippen LogP contribution >= 0.6 is 11.3 Å². The molecule has 10 heteroatoms. The van der Waals surface area contributed by atoms with Crippen LogP contribution in [0.15, 0.2) is 40.0 Å². The van der Waals surface area contributed by atoms with Gasteiger partial charge in [0, 0.05) is 11.9 Å². The number of alkyl halides is 3. The summed E-state index contributed by atoms with van der Waals surface area (Å²) in [7, 11) is 0. The van der Waals surface area contributed by atoms with Gasteiger partial charge in [-0.2, -0.15) is 13.2 Å². The molecule has 4 rings (SSSR count). The van der Waals surface area contributed by atoms with E-state index in [9.17, 15) is 22.8 Å². The van der Waals surface area contributed by atoms with Crippen molar-refractivity contribution in [3.8, 4) is 0 Å². The molecule has 1 fully saturated rings. The molecule has 1 saturated heterocycles. The van der Waals surface area contributed by atoms with Gasteiger partial charge in [-0.15, -0.1) is 11.3 Å². The number of thiazole rings is 1. The number of halogens is 3. The molecular formula is C18H15F3N4O2S. The Balaban J connectivity index is 1.85. The maximum atomic E-state index is 13.2. The molecular weight excluding hydrogens is 393 g/mol. The standard InChI is InChI=1S/C18H15F3N4O2S/c19-18(20,21)9-25-15(23-12-5-2-1-4-11(12)16(25)26)14-6-3-7-24(14)17(27)13-8-28-10-22-13/h1-2,4-5,8,10,14H,3,6-7,9H2. The zero-order valence-corrected chi connectivity index (χ0v) is 15.3. The number of para-hydroxylation sites is 1. The van der Waals surface area contributed by atoms with E-state index in [1.807, 2.05) is 0 Å². The Morgan fingerprint density at radius 2 is 2.07 bits per heavy atom. The van der Waals surface area contributed by atoms with Gasteiger partial charge in [-0.3, -0.25) is 14.2 Å². The van der Waals surface area contributed by atoms with Crippen molar-refractivity contribution in [1.29, 1.82) is 0 Å². The molecule has 6 nitrogen and oxygen atoms in total. The van der Waals surface area contributed by atoms with Crippen molar-refractivity contribution >= 4 is 28.1 Å². The molecule has 3 heterocycles. The van der Waals surface area contributed by atoms with Crippen LogP contribution in [0.1, 0.15) is 35.2 Å². The summed E-state index contributed by atoms with van der Waals surface area (Å²) in [4.78, 5) is 35.4. The Morgan fingerprint density at radius 3 is 2.79 bits per heavy atom. The van der Waals surface area contributed by atoms with Gasteiger partial charge in [0.2, 0.25) is 0 Å². The molecule has 0 aliphatic carbocycles. The molecule has 2 aromatic heterocycles. The van der Waals surface area contributed by atoms with Gasteiger partial charge < -0.3 is 4.90 Å². The van der Waals surface area contributed by atoms with Gasteiger partial charge in [0.05, 0.1) is 22.5 Å². The first-order valence-corrected chi connectivity index (χ1v) is 9.55. The van der Waals surface area contributed by atoms with Crippen LogP contribution in [-0.2, 0) is 6.54 Å². The average molecular weight is 408 g/mol. The van der Waals surface area contributed by atoms with Crippen LogP contribution in [0.5, 0.6) is 0 Å². The van der Waals surface area contributed by atoms with E-state index < -0.39 is 24.3 Å². The third kappa shape index (κ3) is 3.39. The number of rotatable bonds is 3. The van der Waals surface area contributed by atoms with Crippen LogP contribution in [-0.4, -0.2) is 38.1 Å². The summed E-state index contributed by atoms with van der Waals surface area (Å²) >= 11 is 1.26. The number of nitrogens with zero attached hydrogens (tertiary/aromatic N) is 4. The van der Waals surface area contributed by atoms with Crippen LogP contribution < -0.4 is 5.56 Å². The van der Waals surface area contributed by atoms with E-state index in [2.05, 4.69) is 9.97 Å². The topological polar surface area (TPSA) is 68.1 Å². The third-order valence-corrected chi connectivity index (χ3v) is 5.28. The zero-order chi connectivity index (χ0) is 19.9. The van der Waals surface area contributed by atoms with Crippen molar-refractivity contribution in [1.82, 2.24) is 19.4 Å². The maximum Gasteiger partial charge on any atom is 0.406 e. The first-order chi connectivity index (χ1) is 13.3. The smallest absolute Gasteiger partial charge is 0.327 e. The molecule has 0 radical (unpaired) electrons. The van der Waals surface area contributed by atoms with E-state index in [1.54, 1.807) is 23.6 Å². The third-order valence-electron chi connectivity index (χ3n) is 4.69. The number of amides is 1. The molecule has 0 spiro atoms. The lowest BCUT2D eigenvalue weighted by Crippen LogP contribution is -2.38. The van der Waals surface area contributed by atoms with Gasteiger partial charge in [-0.1, -0.05) is 12.1 Å². The summed E-state index contributed by atoms with van der Waals surface area (Å²) in [6.45, 7) is -1.08. The fourth-order valence-corrected chi connectivity index (χ4v) is 4.04. The number of fused-ring (bicyclic) bond motifs is 1. The second-order valence-electron chi connectivity index (χ2n) is 6.52. The summed E-state index contributed by atoms with van der Waals surface area (Å²) < 4.78 is 40.2. The number of aromatic nitrogens is 3. The first kappa shape index (κ1) is 18.6. The molecule has 0 bridgehead atoms. The van der Waals surface area contributed by atoms with E-state index in [4.69, 9.17) is 0 Å². The Morgan fingerprint density at radius 1 is 1.29 bits per heavy atom. The normalized spacial score (nSPS) is 17.4. The quantitative estimate of drug-likeness (QED) is 0.666. The Hall–Kier alpha value is -2.75. The zero-order valence-electron chi connectivity index (χ0n) is 14.5. The van der Waals surface area contributed by atoms with E-state index in [-0.39, 0.29) is 22.8 Å². The molecule has 1 aromatic carbocycles. The average Bonchev–Trinajstić information content (AvgIpc) is 3.34. The molecule has 1 amide bonds. The first-order valence-electron chi connectivity index (χ1n) is 8.60. The number of carbonyl (C=O) groups excluding carboxylic acids is 1. The number of benzene rings is 1. The van der Waals surface area contributed by atoms with Gasteiger partial charge >= 0.3 is 6.18 Å². The van der Waals surface area contributed by atoms with E-state index in [0.717, 1.165) is 0 Å². The van der Waals surface area contributed by atoms with E-state index in [1.165, 1.54) is 27.8 Å². The Labute approximate surface area is 161 Å². The van der Waals surface area contributed by atoms with Crippen LogP contribution in [0, 0.1) is 0 Å². The fourth-order valence-electron chi connectivity index (χ4n) is 3.52. The fraction of sp³-hybridized carbons (Fsp3) is 0.333. The largest absolute Gasteiger partial charge is 0.406 e. The predicted molar refractivity (Wildman–Crippen MR) is 97.2 cm³/mol. The Kier molecular flexibility index (Phi) is 4.66. The predicted octanol–water partition coefficient (Wildman–Crippen LogP) is 3.39. The van der Waals surface area contributed by atoms with Crippen molar-refractivity contribution in [3.05, 3.63) is 57.0 Å². The van der Waals surface area contributed by atoms with Gasteiger partial charge in [0.25, 0.3) is 11.5 Å². The van der Waals surface area contributed by atoms with Crippen molar-refractivity contribution in [2.75, 3.05) is 6.54 Å². The molecule has 146 valence electrons. The molecule has 1 atom stereocenters. The van der Waals surface area contributed by atoms with Crippen LogP contribution in [0.25, 0.3) is 10.9 Å². The lowest BCUT2D eigenvalue weighted by molar-refractivity contribution is -0.141. The lowest BCUT2D eigenvalue weighted by Gasteiger charge is -2.26. The van der Waals surface area contributed by atoms with Crippen molar-refractivity contribution in [2.45, 2.75) is 31.6 Å². The number of hydrogen-bond donors (Lipinski definition) is 0. The Bertz CT molecular complexity index is 1080. The van der Waals surface area contributed by atoms with Crippen LogP contribution in [0.4, 0.5) is 13.2 Å². The van der Waals surface area contributed by atoms with Crippen molar-refractivity contribution < 1.29 is 18.0 Å². The highest BCUT2D eigenvalue weighted by molar-refractivity contribution is 7.07. The van der Waals surface area contributed by atoms with Gasteiger partial charge in [0.1, 0.15) is 18.1 Å². The number of carbonyl (C=O) groups is 1. The monoisotopic (exact) mass is 408 g/mol. The van der Waals surface area contributed by atoms with Gasteiger partial charge in [0.15, 0.2) is 0 Å². The van der Waals surface area contributed by atoms with Gasteiger partial charge in [-0.05, 0) is 25.0 Å². The second-order valence-corrected chi connectivity index (χ2v) is 7.24. The minimum Gasteiger partial charge on any atom is -0.327 e. The SMILES string of the molecule is O=C(c1cscn1)N1CCCC1c1nc2ccccc2c(=O)n1CC(F)(F)F. The summed E-state index contributed by atoms with van der Waals surface area (Å²) in [5.74, 6) is -0.410. The second kappa shape index (κ2) is 7.01. The molecule has 1 unspecified atom stereocenters. The summed E-state index contributed by atoms with van der Waals surface area (Å²) in [5, 5.41) is 1.71. The van der Waals surface area contributed by atoms with Crippen LogP contribution in [0.2, 0.25) is 0 Å². The minimum atomic E-state index is -4.59. The molecule has 0 saturated carbocycles. The highest BCUT2D eigenvalue weighted by Gasteiger charge is 2.37. The number of likely N-dealkylation sites (tertiary alicyclic amines) is 1. The lowest BCUT2D eigenvalue weighted by atomic mass is 10.1. The van der Waals surface area contributed by atoms with E-state index in [0.29, 0.717) is 29.5 Å². The summed E-state index contributed by atoms with van der Waals surface area (Å²) in [6.07, 6.45) is -3.56. The molecule has 0 N–H and O–H groups in total. The molecule has 1 aliphatic rings. The molecule has 28 heavy (non-hydrogen) atoms. The van der Waals surface area contributed by atoms with Gasteiger partial charge in [-0.25, -0.2) is 9.97 Å². The van der Waals surface area contributed by atoms with Crippen LogP contribution in [0.3, 0.4) is 0 Å². The summed E-state index contributed by atoms with van der Waals surface area (Å²) in [5.41, 5.74) is 1.31. The maximum absolute atomic E-state index is 13.2. The van der Waals surface area contributed by atoms with Crippen molar-refractivity contribution in [3.63, 3.8) is 0 Å². The minimum absolute atomic E-state index is 0.0397. The summed E-state index contributed by atoms with van der Waals surface area (Å²) in [6, 6.07) is 5.57. The highest BCUT2D eigenvalue weighted by Crippen LogP contribution is 2.33. The molecule has 3 aromatic rings. The van der Waals surface area contributed by atoms with Crippen molar-refractivity contribution in [2.24, 2.45) is 0 Å². The number of hydrogen-bond acceptors (Lipinski definition) is 5. The van der Waals surface area contributed by atoms with E-state index >= 15 is 0 Å².